The van der Waals surface area contributed by atoms with Gasteiger partial charge in [0.25, 0.3) is 5.91 Å². The Labute approximate surface area is 146 Å². The standard InChI is InChI=1S/C13H6BrCl2FINO/c14-6-3-9(15)12(10(16)4-6)19-13(20)8-2-1-7(17)5-11(8)18/h1-5H,(H,19,20). The Morgan fingerprint density at radius 1 is 1.20 bits per heavy atom. The van der Waals surface area contributed by atoms with Gasteiger partial charge in [-0.15, -0.1) is 0 Å². The van der Waals surface area contributed by atoms with E-state index in [9.17, 15) is 9.18 Å². The number of benzene rings is 2. The van der Waals surface area contributed by atoms with E-state index in [1.807, 2.05) is 22.6 Å². The maximum atomic E-state index is 13.0. The van der Waals surface area contributed by atoms with Crippen LogP contribution in [0.5, 0.6) is 0 Å². The lowest BCUT2D eigenvalue weighted by Crippen LogP contribution is -2.14. The van der Waals surface area contributed by atoms with E-state index in [-0.39, 0.29) is 0 Å². The Morgan fingerprint density at radius 3 is 2.35 bits per heavy atom. The second-order valence-electron chi connectivity index (χ2n) is 3.82. The highest BCUT2D eigenvalue weighted by Crippen LogP contribution is 2.34. The number of nitrogens with one attached hydrogen (secondary N) is 1. The minimum absolute atomic E-state index is 0.315. The third-order valence-corrected chi connectivity index (χ3v) is 4.37. The van der Waals surface area contributed by atoms with E-state index in [0.29, 0.717) is 29.3 Å². The van der Waals surface area contributed by atoms with Crippen LogP contribution in [0.1, 0.15) is 10.4 Å². The lowest BCUT2D eigenvalue weighted by atomic mass is 10.2. The molecule has 0 bridgehead atoms. The predicted molar refractivity (Wildman–Crippen MR) is 91.2 cm³/mol. The van der Waals surface area contributed by atoms with E-state index in [2.05, 4.69) is 21.2 Å². The highest BCUT2D eigenvalue weighted by atomic mass is 127. The van der Waals surface area contributed by atoms with E-state index in [1.54, 1.807) is 12.1 Å². The van der Waals surface area contributed by atoms with E-state index >= 15 is 0 Å². The van der Waals surface area contributed by atoms with Crippen molar-refractivity contribution in [2.24, 2.45) is 0 Å². The minimum atomic E-state index is -0.402. The highest BCUT2D eigenvalue weighted by Gasteiger charge is 2.15. The molecule has 2 aromatic rings. The Balaban J connectivity index is 2.33. The fourth-order valence-electron chi connectivity index (χ4n) is 1.52. The lowest BCUT2D eigenvalue weighted by Gasteiger charge is -2.11. The summed E-state index contributed by atoms with van der Waals surface area (Å²) in [4.78, 5) is 12.2. The van der Waals surface area contributed by atoms with Gasteiger partial charge in [-0.05, 0) is 52.9 Å². The van der Waals surface area contributed by atoms with E-state index in [4.69, 9.17) is 23.2 Å². The third-order valence-electron chi connectivity index (χ3n) is 2.42. The summed E-state index contributed by atoms with van der Waals surface area (Å²) in [6.07, 6.45) is 0. The van der Waals surface area contributed by atoms with Crippen LogP contribution in [-0.2, 0) is 0 Å². The summed E-state index contributed by atoms with van der Waals surface area (Å²) in [7, 11) is 0. The first-order chi connectivity index (χ1) is 9.38. The number of halogens is 5. The van der Waals surface area contributed by atoms with Crippen LogP contribution < -0.4 is 5.32 Å². The normalized spacial score (nSPS) is 10.4. The zero-order chi connectivity index (χ0) is 14.9. The van der Waals surface area contributed by atoms with Gasteiger partial charge in [0.1, 0.15) is 5.82 Å². The average molecular weight is 489 g/mol. The van der Waals surface area contributed by atoms with Crippen LogP contribution in [0, 0.1) is 9.39 Å². The monoisotopic (exact) mass is 487 g/mol. The lowest BCUT2D eigenvalue weighted by molar-refractivity contribution is 0.102. The number of hydrogen-bond donors (Lipinski definition) is 1. The van der Waals surface area contributed by atoms with Gasteiger partial charge in [-0.1, -0.05) is 39.1 Å². The van der Waals surface area contributed by atoms with Crippen molar-refractivity contribution in [1.29, 1.82) is 0 Å². The van der Waals surface area contributed by atoms with Crippen molar-refractivity contribution < 1.29 is 9.18 Å². The Bertz CT molecular complexity index is 673. The van der Waals surface area contributed by atoms with Crippen LogP contribution in [0.25, 0.3) is 0 Å². The predicted octanol–water partition coefficient (Wildman–Crippen LogP) is 5.75. The van der Waals surface area contributed by atoms with Crippen molar-refractivity contribution in [3.8, 4) is 0 Å². The fourth-order valence-corrected chi connectivity index (χ4v) is 3.54. The highest BCUT2D eigenvalue weighted by molar-refractivity contribution is 14.1. The summed E-state index contributed by atoms with van der Waals surface area (Å²) in [5.41, 5.74) is 0.670. The molecule has 7 heteroatoms. The van der Waals surface area contributed by atoms with Crippen LogP contribution in [0.15, 0.2) is 34.8 Å². The Kier molecular flexibility index (Phi) is 5.28. The zero-order valence-electron chi connectivity index (χ0n) is 9.68. The molecule has 0 unspecified atom stereocenters. The number of anilines is 1. The van der Waals surface area contributed by atoms with Gasteiger partial charge in [0, 0.05) is 8.04 Å². The molecule has 0 radical (unpaired) electrons. The summed E-state index contributed by atoms with van der Waals surface area (Å²) < 4.78 is 14.2. The first-order valence-electron chi connectivity index (χ1n) is 5.29. The van der Waals surface area contributed by atoms with Crippen LogP contribution in [0.4, 0.5) is 10.1 Å². The quantitative estimate of drug-likeness (QED) is 0.536. The molecule has 0 aliphatic heterocycles. The van der Waals surface area contributed by atoms with E-state index in [0.717, 1.165) is 0 Å². The Morgan fingerprint density at radius 2 is 1.80 bits per heavy atom. The molecular formula is C13H6BrCl2FINO. The average Bonchev–Trinajstić information content (AvgIpc) is 2.33. The first-order valence-corrected chi connectivity index (χ1v) is 7.92. The zero-order valence-corrected chi connectivity index (χ0v) is 14.9. The number of carbonyl (C=O) groups excluding carboxylic acids is 1. The molecule has 1 N–H and O–H groups in total. The molecule has 0 aliphatic rings. The van der Waals surface area contributed by atoms with Gasteiger partial charge < -0.3 is 5.32 Å². The van der Waals surface area contributed by atoms with Gasteiger partial charge >= 0.3 is 0 Å². The van der Waals surface area contributed by atoms with Crippen LogP contribution >= 0.6 is 61.7 Å². The summed E-state index contributed by atoms with van der Waals surface area (Å²) in [5.74, 6) is -0.800. The molecular weight excluding hydrogens is 483 g/mol. The molecule has 2 nitrogen and oxygen atoms in total. The molecule has 0 aliphatic carbocycles. The molecule has 0 atom stereocenters. The first kappa shape index (κ1) is 16.0. The molecule has 20 heavy (non-hydrogen) atoms. The van der Waals surface area contributed by atoms with Gasteiger partial charge in [0.2, 0.25) is 0 Å². The van der Waals surface area contributed by atoms with Crippen LogP contribution in [0.3, 0.4) is 0 Å². The van der Waals surface area contributed by atoms with Crippen molar-refractivity contribution in [3.63, 3.8) is 0 Å². The second-order valence-corrected chi connectivity index (χ2v) is 6.71. The maximum absolute atomic E-state index is 13.0. The van der Waals surface area contributed by atoms with E-state index in [1.165, 1.54) is 18.2 Å². The number of amides is 1. The molecule has 2 rings (SSSR count). The van der Waals surface area contributed by atoms with Gasteiger partial charge in [-0.25, -0.2) is 4.39 Å². The van der Waals surface area contributed by atoms with Crippen molar-refractivity contribution in [1.82, 2.24) is 0 Å². The Hall–Kier alpha value is -0.370. The minimum Gasteiger partial charge on any atom is -0.319 e. The largest absolute Gasteiger partial charge is 0.319 e. The van der Waals surface area contributed by atoms with Gasteiger partial charge in [0.15, 0.2) is 0 Å². The molecule has 0 fully saturated rings. The molecule has 0 heterocycles. The SMILES string of the molecule is O=C(Nc1c(Cl)cc(Br)cc1Cl)c1ccc(F)cc1I. The molecule has 0 saturated heterocycles. The molecule has 1 amide bonds. The molecule has 0 saturated carbocycles. The number of carbonyl (C=O) groups is 1. The second kappa shape index (κ2) is 6.60. The van der Waals surface area contributed by atoms with Crippen molar-refractivity contribution in [2.45, 2.75) is 0 Å². The smallest absolute Gasteiger partial charge is 0.256 e. The summed E-state index contributed by atoms with van der Waals surface area (Å²) >= 11 is 17.2. The van der Waals surface area contributed by atoms with Crippen LogP contribution in [0.2, 0.25) is 10.0 Å². The summed E-state index contributed by atoms with van der Waals surface area (Å²) in [6.45, 7) is 0. The van der Waals surface area contributed by atoms with Crippen molar-refractivity contribution in [2.75, 3.05) is 5.32 Å². The summed E-state index contributed by atoms with van der Waals surface area (Å²) in [6, 6.07) is 7.16. The molecule has 0 spiro atoms. The van der Waals surface area contributed by atoms with Gasteiger partial charge in [-0.2, -0.15) is 0 Å². The molecule has 104 valence electrons. The third kappa shape index (κ3) is 3.63. The fraction of sp³-hybridized carbons (Fsp3) is 0. The van der Waals surface area contributed by atoms with Crippen LogP contribution in [-0.4, -0.2) is 5.91 Å². The number of rotatable bonds is 2. The van der Waals surface area contributed by atoms with E-state index < -0.39 is 11.7 Å². The van der Waals surface area contributed by atoms with Crippen molar-refractivity contribution in [3.05, 3.63) is 59.8 Å². The number of hydrogen-bond acceptors (Lipinski definition) is 1. The summed E-state index contributed by atoms with van der Waals surface area (Å²) in [5, 5.41) is 3.26. The molecule has 0 aromatic heterocycles. The van der Waals surface area contributed by atoms with Crippen molar-refractivity contribution >= 4 is 73.3 Å². The van der Waals surface area contributed by atoms with Gasteiger partial charge in [-0.3, -0.25) is 4.79 Å². The van der Waals surface area contributed by atoms with Gasteiger partial charge in [0.05, 0.1) is 21.3 Å². The maximum Gasteiger partial charge on any atom is 0.256 e. The topological polar surface area (TPSA) is 29.1 Å². The molecule has 2 aromatic carbocycles.